The Kier molecular flexibility index (Phi) is 16.9. The van der Waals surface area contributed by atoms with Gasteiger partial charge in [0, 0.05) is 0 Å². The SMILES string of the molecule is O=S(=O)([N-]S(=O)(=O)C(F)(F)F)C(F)(F)F.O=S(=O)([N-]S(=O)(=O)C(F)(F)F)C(F)(F)F.O=S(=O)([N-]S(=O)(=O)C(F)(F)F)C(F)(F)F.[In+3]. The van der Waals surface area contributed by atoms with Crippen LogP contribution in [0.15, 0.2) is 0 Å². The van der Waals surface area contributed by atoms with Crippen LogP contribution in [0.2, 0.25) is 0 Å². The predicted molar refractivity (Wildman–Crippen MR) is 106 cm³/mol. The van der Waals surface area contributed by atoms with Crippen molar-refractivity contribution in [1.82, 2.24) is 0 Å². The third-order valence-electron chi connectivity index (χ3n) is 2.34. The van der Waals surface area contributed by atoms with Crippen LogP contribution in [0.1, 0.15) is 0 Å². The van der Waals surface area contributed by atoms with Crippen LogP contribution in [0.5, 0.6) is 0 Å². The molecule has 0 radical (unpaired) electrons. The molecule has 0 aromatic rings. The molecule has 276 valence electrons. The summed E-state index contributed by atoms with van der Waals surface area (Å²) in [5, 5.41) is 0. The molecular weight excluding hydrogens is 955 g/mol. The van der Waals surface area contributed by atoms with E-state index in [2.05, 4.69) is 0 Å². The maximum atomic E-state index is 11.4. The van der Waals surface area contributed by atoms with E-state index < -0.39 is 93.2 Å². The topological polar surface area (TPSA) is 247 Å². The first-order valence-corrected chi connectivity index (χ1v) is 16.4. The van der Waals surface area contributed by atoms with Gasteiger partial charge in [0.05, 0.1) is 0 Å². The zero-order valence-electron chi connectivity index (χ0n) is 19.1. The second kappa shape index (κ2) is 15.0. The molecule has 0 heterocycles. The first-order valence-electron chi connectivity index (χ1n) is 7.72. The van der Waals surface area contributed by atoms with Gasteiger partial charge in [-0.2, -0.15) is 79.0 Å². The van der Waals surface area contributed by atoms with E-state index in [1.165, 1.54) is 0 Å². The summed E-state index contributed by atoms with van der Waals surface area (Å²) in [4.78, 5) is 0. The molecule has 0 aromatic carbocycles. The van der Waals surface area contributed by atoms with Gasteiger partial charge < -0.3 is 12.4 Å². The quantitative estimate of drug-likeness (QED) is 0.349. The second-order valence-corrected chi connectivity index (χ2v) is 16.0. The van der Waals surface area contributed by atoms with Crippen LogP contribution < -0.4 is 0 Å². The van der Waals surface area contributed by atoms with Crippen molar-refractivity contribution in [2.24, 2.45) is 0 Å². The Morgan fingerprint density at radius 2 is 0.304 bits per heavy atom. The molecule has 15 nitrogen and oxygen atoms in total. The molecule has 0 rings (SSSR count). The van der Waals surface area contributed by atoms with Gasteiger partial charge in [0.2, 0.25) is 0 Å². The molecule has 0 N–H and O–H groups in total. The summed E-state index contributed by atoms with van der Waals surface area (Å²) in [5.41, 5.74) is -37.2. The van der Waals surface area contributed by atoms with Gasteiger partial charge in [-0.1, -0.05) is 0 Å². The Balaban J connectivity index is -0.000000285. The van der Waals surface area contributed by atoms with Crippen molar-refractivity contribution in [2.75, 3.05) is 0 Å². The summed E-state index contributed by atoms with van der Waals surface area (Å²) >= 11 is 0. The van der Waals surface area contributed by atoms with Crippen LogP contribution in [0.4, 0.5) is 79.0 Å². The van der Waals surface area contributed by atoms with E-state index in [-0.39, 0.29) is 25.8 Å². The summed E-state index contributed by atoms with van der Waals surface area (Å²) in [6, 6.07) is 0. The fourth-order valence-electron chi connectivity index (χ4n) is 0.641. The van der Waals surface area contributed by atoms with Crippen molar-refractivity contribution < 1.29 is 130 Å². The predicted octanol–water partition coefficient (Wildman–Crippen LogP) is 2.80. The largest absolute Gasteiger partial charge is 3.00 e. The minimum absolute atomic E-state index is 0. The molecule has 0 aromatic heterocycles. The zero-order chi connectivity index (χ0) is 38.1. The molecule has 0 amide bonds. The smallest absolute Gasteiger partial charge is 0.421 e. The normalized spacial score (nSPS) is 15.0. The Bertz CT molecular complexity index is 1370. The molecule has 0 unspecified atom stereocenters. The number of nitrogens with zero attached hydrogens (tertiary/aromatic N) is 3. The average Bonchev–Trinajstić information content (AvgIpc) is 2.61. The maximum Gasteiger partial charge on any atom is 3.00 e. The first-order chi connectivity index (χ1) is 18.6. The van der Waals surface area contributed by atoms with Gasteiger partial charge >= 0.3 is 58.9 Å². The molecule has 0 spiro atoms. The van der Waals surface area contributed by atoms with E-state index in [0.29, 0.717) is 0 Å². The van der Waals surface area contributed by atoms with Crippen molar-refractivity contribution in [3.63, 3.8) is 0 Å². The van der Waals surface area contributed by atoms with Crippen molar-refractivity contribution in [3.8, 4) is 0 Å². The van der Waals surface area contributed by atoms with Crippen LogP contribution in [-0.4, -0.2) is 109 Å². The molecular formula is C6F18InN3O12S6. The first kappa shape index (κ1) is 52.0. The molecule has 0 saturated heterocycles. The van der Waals surface area contributed by atoms with Gasteiger partial charge in [0.1, 0.15) is 0 Å². The zero-order valence-corrected chi connectivity index (χ0v) is 27.3. The average molecular weight is 955 g/mol. The van der Waals surface area contributed by atoms with Gasteiger partial charge in [-0.15, -0.1) is 0 Å². The molecule has 0 fully saturated rings. The van der Waals surface area contributed by atoms with Gasteiger partial charge in [0.25, 0.3) is 0 Å². The minimum atomic E-state index is -6.72. The summed E-state index contributed by atoms with van der Waals surface area (Å²) in [6.07, 6.45) is 0. The number of rotatable bonds is 6. The monoisotopic (exact) mass is 955 g/mol. The summed E-state index contributed by atoms with van der Waals surface area (Å²) in [5.74, 6) is 0. The van der Waals surface area contributed by atoms with E-state index in [1.807, 2.05) is 0 Å². The Morgan fingerprint density at radius 1 is 0.239 bits per heavy atom. The van der Waals surface area contributed by atoms with Crippen LogP contribution >= 0.6 is 0 Å². The molecule has 0 aliphatic heterocycles. The van der Waals surface area contributed by atoms with Crippen LogP contribution in [0.25, 0.3) is 12.4 Å². The van der Waals surface area contributed by atoms with E-state index >= 15 is 0 Å². The van der Waals surface area contributed by atoms with Crippen molar-refractivity contribution in [1.29, 1.82) is 0 Å². The molecule has 0 bridgehead atoms. The third-order valence-corrected chi connectivity index (χ3v) is 10.6. The number of sulfonamides is 6. The standard InChI is InChI=1S/3C2F6NO4S2.In/c3*3-1(4,5)14(10,11)9-15(12,13)2(6,7)8;/q3*-1;+3. The van der Waals surface area contributed by atoms with Crippen molar-refractivity contribution >= 4 is 86.0 Å². The van der Waals surface area contributed by atoms with Crippen molar-refractivity contribution in [2.45, 2.75) is 33.0 Å². The van der Waals surface area contributed by atoms with Gasteiger partial charge in [-0.3, -0.25) is 0 Å². The number of hydrogen-bond acceptors (Lipinski definition) is 12. The van der Waals surface area contributed by atoms with E-state index in [0.717, 1.165) is 12.4 Å². The van der Waals surface area contributed by atoms with Crippen LogP contribution in [0.3, 0.4) is 0 Å². The maximum absolute atomic E-state index is 11.4. The number of halogens is 18. The number of alkyl halides is 18. The molecule has 0 aliphatic rings. The van der Waals surface area contributed by atoms with Crippen molar-refractivity contribution in [3.05, 3.63) is 12.4 Å². The Hall–Kier alpha value is -0.810. The molecule has 46 heavy (non-hydrogen) atoms. The van der Waals surface area contributed by atoms with E-state index in [1.54, 1.807) is 0 Å². The fraction of sp³-hybridized carbons (Fsp3) is 1.00. The van der Waals surface area contributed by atoms with Crippen LogP contribution in [0, 0.1) is 0 Å². The van der Waals surface area contributed by atoms with Gasteiger partial charge in [0.15, 0.2) is 60.1 Å². The van der Waals surface area contributed by atoms with Gasteiger partial charge in [-0.25, -0.2) is 50.5 Å². The molecule has 0 saturated carbocycles. The second-order valence-electron chi connectivity index (χ2n) is 5.75. The summed E-state index contributed by atoms with van der Waals surface area (Å²) in [6.45, 7) is 0. The van der Waals surface area contributed by atoms with E-state index in [9.17, 15) is 130 Å². The fourth-order valence-corrected chi connectivity index (χ4v) is 5.77. The molecule has 40 heteroatoms. The van der Waals surface area contributed by atoms with E-state index in [4.69, 9.17) is 0 Å². The van der Waals surface area contributed by atoms with Gasteiger partial charge in [-0.05, 0) is 0 Å². The summed E-state index contributed by atoms with van der Waals surface area (Å²) < 4.78 is 328. The van der Waals surface area contributed by atoms with Crippen LogP contribution in [-0.2, 0) is 60.1 Å². The summed E-state index contributed by atoms with van der Waals surface area (Å²) in [7, 11) is -40.3. The third kappa shape index (κ3) is 15.2. The molecule has 0 atom stereocenters. The number of hydrogen-bond donors (Lipinski definition) is 0. The molecule has 0 aliphatic carbocycles. The Labute approximate surface area is 260 Å². The Morgan fingerprint density at radius 3 is 0.348 bits per heavy atom. The minimum Gasteiger partial charge on any atom is -0.421 e.